The number of hydrogen-bond donors (Lipinski definition) is 3. The molecule has 1 aliphatic heterocycles. The minimum Gasteiger partial charge on any atom is -0.355 e. The highest BCUT2D eigenvalue weighted by Gasteiger charge is 2.25. The van der Waals surface area contributed by atoms with Crippen LogP contribution >= 0.6 is 0 Å². The number of likely N-dealkylation sites (N-methyl/N-ethyl adjacent to an activating group) is 1. The van der Waals surface area contributed by atoms with Gasteiger partial charge in [0.25, 0.3) is 0 Å². The molecule has 7 nitrogen and oxygen atoms in total. The molecule has 0 saturated carbocycles. The van der Waals surface area contributed by atoms with Crippen LogP contribution in [0.25, 0.3) is 0 Å². The number of rotatable bonds is 5. The van der Waals surface area contributed by atoms with Crippen molar-refractivity contribution in [2.75, 3.05) is 31.1 Å². The van der Waals surface area contributed by atoms with Gasteiger partial charge in [-0.2, -0.15) is 0 Å². The molecule has 1 saturated heterocycles. The van der Waals surface area contributed by atoms with Crippen molar-refractivity contribution in [2.45, 2.75) is 19.4 Å². The Morgan fingerprint density at radius 3 is 2.61 bits per heavy atom. The Morgan fingerprint density at radius 2 is 2.00 bits per heavy atom. The van der Waals surface area contributed by atoms with Crippen LogP contribution in [0, 0.1) is 0 Å². The quantitative estimate of drug-likeness (QED) is 0.540. The van der Waals surface area contributed by atoms with Crippen LogP contribution in [0.15, 0.2) is 0 Å². The van der Waals surface area contributed by atoms with Crippen LogP contribution in [-0.4, -0.2) is 57.4 Å². The zero-order chi connectivity index (χ0) is 13.6. The lowest BCUT2D eigenvalue weighted by molar-refractivity contribution is -0.126. The van der Waals surface area contributed by atoms with Gasteiger partial charge in [0.15, 0.2) is 9.84 Å². The highest BCUT2D eigenvalue weighted by atomic mass is 32.2. The van der Waals surface area contributed by atoms with Crippen LogP contribution in [-0.2, 0) is 19.4 Å². The minimum absolute atomic E-state index is 0.0262. The van der Waals surface area contributed by atoms with Gasteiger partial charge in [0, 0.05) is 25.6 Å². The lowest BCUT2D eigenvalue weighted by Gasteiger charge is -2.23. The third kappa shape index (κ3) is 5.46. The van der Waals surface area contributed by atoms with E-state index < -0.39 is 9.84 Å². The highest BCUT2D eigenvalue weighted by Crippen LogP contribution is 2.04. The van der Waals surface area contributed by atoms with Crippen molar-refractivity contribution < 1.29 is 18.0 Å². The number of carbonyl (C=O) groups excluding carboxylic acids is 2. The molecule has 0 spiro atoms. The van der Waals surface area contributed by atoms with Crippen molar-refractivity contribution >= 4 is 21.7 Å². The Hall–Kier alpha value is -1.15. The van der Waals surface area contributed by atoms with Crippen LogP contribution in [0.2, 0.25) is 0 Å². The summed E-state index contributed by atoms with van der Waals surface area (Å²) in [6, 6.07) is -0.363. The average molecular weight is 277 g/mol. The summed E-state index contributed by atoms with van der Waals surface area (Å²) in [5, 5.41) is 7.99. The maximum Gasteiger partial charge on any atom is 0.239 e. The van der Waals surface area contributed by atoms with Gasteiger partial charge >= 0.3 is 0 Å². The van der Waals surface area contributed by atoms with Crippen molar-refractivity contribution in [3.63, 3.8) is 0 Å². The molecule has 18 heavy (non-hydrogen) atoms. The maximum absolute atomic E-state index is 11.5. The summed E-state index contributed by atoms with van der Waals surface area (Å²) >= 11 is 0. The van der Waals surface area contributed by atoms with E-state index in [-0.39, 0.29) is 42.3 Å². The average Bonchev–Trinajstić information content (AvgIpc) is 2.25. The van der Waals surface area contributed by atoms with Gasteiger partial charge in [-0.25, -0.2) is 8.42 Å². The molecule has 1 fully saturated rings. The van der Waals surface area contributed by atoms with Gasteiger partial charge in [0.1, 0.15) is 0 Å². The molecule has 1 heterocycles. The summed E-state index contributed by atoms with van der Waals surface area (Å²) < 4.78 is 22.7. The Morgan fingerprint density at radius 1 is 1.28 bits per heavy atom. The molecule has 0 bridgehead atoms. The second-order valence-corrected chi connectivity index (χ2v) is 6.43. The molecule has 1 atom stereocenters. The smallest absolute Gasteiger partial charge is 0.239 e. The van der Waals surface area contributed by atoms with Gasteiger partial charge in [0.05, 0.1) is 18.1 Å². The number of carbonyl (C=O) groups is 2. The molecule has 0 aromatic heterocycles. The van der Waals surface area contributed by atoms with Crippen LogP contribution in [0.3, 0.4) is 0 Å². The van der Waals surface area contributed by atoms with Gasteiger partial charge < -0.3 is 16.0 Å². The molecule has 0 radical (unpaired) electrons. The molecular formula is C10H19N3O4S. The first-order valence-electron chi connectivity index (χ1n) is 5.90. The summed E-state index contributed by atoms with van der Waals surface area (Å²) in [5.41, 5.74) is 0. The SMILES string of the molecule is CCNC(=O)CNC(=O)CC1CS(=O)(=O)CCN1. The summed E-state index contributed by atoms with van der Waals surface area (Å²) in [5.74, 6) is -0.489. The van der Waals surface area contributed by atoms with Gasteiger partial charge in [-0.05, 0) is 6.92 Å². The molecule has 3 N–H and O–H groups in total. The van der Waals surface area contributed by atoms with Gasteiger partial charge in [-0.15, -0.1) is 0 Å². The second-order valence-electron chi connectivity index (χ2n) is 4.20. The molecular weight excluding hydrogens is 258 g/mol. The molecule has 0 aromatic carbocycles. The fraction of sp³-hybridized carbons (Fsp3) is 0.800. The van der Waals surface area contributed by atoms with E-state index in [9.17, 15) is 18.0 Å². The number of sulfone groups is 1. The molecule has 0 aliphatic carbocycles. The largest absolute Gasteiger partial charge is 0.355 e. The normalized spacial score (nSPS) is 22.2. The molecule has 2 amide bonds. The predicted octanol–water partition coefficient (Wildman–Crippen LogP) is -1.98. The van der Waals surface area contributed by atoms with Crippen molar-refractivity contribution in [3.8, 4) is 0 Å². The molecule has 104 valence electrons. The Kier molecular flexibility index (Phi) is 5.54. The van der Waals surface area contributed by atoms with E-state index in [1.807, 2.05) is 0 Å². The number of amides is 2. The van der Waals surface area contributed by atoms with Gasteiger partial charge in [0.2, 0.25) is 11.8 Å². The van der Waals surface area contributed by atoms with Crippen LogP contribution in [0.5, 0.6) is 0 Å². The van der Waals surface area contributed by atoms with Gasteiger partial charge in [-0.1, -0.05) is 0 Å². The topological polar surface area (TPSA) is 104 Å². The minimum atomic E-state index is -3.04. The first kappa shape index (κ1) is 14.9. The summed E-state index contributed by atoms with van der Waals surface area (Å²) in [6.45, 7) is 2.59. The molecule has 0 aromatic rings. The van der Waals surface area contributed by atoms with Crippen molar-refractivity contribution in [2.24, 2.45) is 0 Å². The van der Waals surface area contributed by atoms with Crippen molar-refractivity contribution in [1.29, 1.82) is 0 Å². The van der Waals surface area contributed by atoms with E-state index in [1.165, 1.54) is 0 Å². The first-order chi connectivity index (χ1) is 8.43. The lowest BCUT2D eigenvalue weighted by Crippen LogP contribution is -2.48. The van der Waals surface area contributed by atoms with E-state index in [2.05, 4.69) is 16.0 Å². The number of nitrogens with one attached hydrogen (secondary N) is 3. The summed E-state index contributed by atoms with van der Waals surface area (Å²) in [6.07, 6.45) is 0.0681. The molecule has 8 heteroatoms. The number of hydrogen-bond acceptors (Lipinski definition) is 5. The van der Waals surface area contributed by atoms with E-state index >= 15 is 0 Å². The second kappa shape index (κ2) is 6.69. The summed E-state index contributed by atoms with van der Waals surface area (Å²) in [7, 11) is -3.04. The molecule has 1 unspecified atom stereocenters. The monoisotopic (exact) mass is 277 g/mol. The third-order valence-corrected chi connectivity index (χ3v) is 4.29. The summed E-state index contributed by atoms with van der Waals surface area (Å²) in [4.78, 5) is 22.6. The standard InChI is InChI=1S/C10H19N3O4S/c1-2-11-10(15)6-13-9(14)5-8-7-18(16,17)4-3-12-8/h8,12H,2-7H2,1H3,(H,11,15)(H,13,14). The van der Waals surface area contributed by atoms with Crippen LogP contribution < -0.4 is 16.0 Å². The molecule has 1 aliphatic rings. The maximum atomic E-state index is 11.5. The lowest BCUT2D eigenvalue weighted by atomic mass is 10.2. The zero-order valence-corrected chi connectivity index (χ0v) is 11.2. The van der Waals surface area contributed by atoms with E-state index in [0.29, 0.717) is 13.1 Å². The predicted molar refractivity (Wildman–Crippen MR) is 66.8 cm³/mol. The zero-order valence-electron chi connectivity index (χ0n) is 10.4. The van der Waals surface area contributed by atoms with Gasteiger partial charge in [-0.3, -0.25) is 9.59 Å². The van der Waals surface area contributed by atoms with Crippen LogP contribution in [0.4, 0.5) is 0 Å². The third-order valence-electron chi connectivity index (χ3n) is 2.55. The first-order valence-corrected chi connectivity index (χ1v) is 7.72. The highest BCUT2D eigenvalue weighted by molar-refractivity contribution is 7.91. The molecule has 1 rings (SSSR count). The Bertz CT molecular complexity index is 407. The van der Waals surface area contributed by atoms with E-state index in [0.717, 1.165) is 0 Å². The van der Waals surface area contributed by atoms with E-state index in [1.54, 1.807) is 6.92 Å². The van der Waals surface area contributed by atoms with Crippen LogP contribution in [0.1, 0.15) is 13.3 Å². The fourth-order valence-corrected chi connectivity index (χ4v) is 3.18. The Balaban J connectivity index is 2.30. The Labute approximate surface area is 107 Å². The van der Waals surface area contributed by atoms with Crippen molar-refractivity contribution in [1.82, 2.24) is 16.0 Å². The van der Waals surface area contributed by atoms with Crippen molar-refractivity contribution in [3.05, 3.63) is 0 Å². The van der Waals surface area contributed by atoms with E-state index in [4.69, 9.17) is 0 Å². The fourth-order valence-electron chi connectivity index (χ4n) is 1.73.